The minimum atomic E-state index is -0.723. The molecule has 0 radical (unpaired) electrons. The van der Waals surface area contributed by atoms with Gasteiger partial charge in [-0.15, -0.1) is 0 Å². The van der Waals surface area contributed by atoms with E-state index in [1.165, 1.54) is 12.8 Å². The average Bonchev–Trinajstić information content (AvgIpc) is 2.78. The Morgan fingerprint density at radius 1 is 0.656 bits per heavy atom. The van der Waals surface area contributed by atoms with E-state index in [9.17, 15) is 9.59 Å². The van der Waals surface area contributed by atoms with E-state index in [2.05, 4.69) is 9.58 Å². The van der Waals surface area contributed by atoms with Gasteiger partial charge in [-0.1, -0.05) is 12.8 Å². The van der Waals surface area contributed by atoms with Crippen LogP contribution in [0.1, 0.15) is 25.7 Å². The molecule has 0 aromatic rings. The summed E-state index contributed by atoms with van der Waals surface area (Å²) in [6.07, 6.45) is 5.94. The molecule has 0 bridgehead atoms. The van der Waals surface area contributed by atoms with E-state index in [0.29, 0.717) is 63.9 Å². The van der Waals surface area contributed by atoms with Crippen molar-refractivity contribution in [3.63, 3.8) is 0 Å². The van der Waals surface area contributed by atoms with E-state index in [0.717, 1.165) is 12.8 Å². The lowest BCUT2D eigenvalue weighted by Crippen LogP contribution is -2.29. The third kappa shape index (κ3) is 14.5. The molecule has 0 spiro atoms. The Morgan fingerprint density at radius 3 is 1.44 bits per heavy atom. The maximum absolute atomic E-state index is 10.9. The highest BCUT2D eigenvalue weighted by atomic mass is 16.6. The lowest BCUT2D eigenvalue weighted by atomic mass is 9.80. The number of carbonyl (C=O) groups is 2. The van der Waals surface area contributed by atoms with Crippen molar-refractivity contribution in [2.75, 3.05) is 66.1 Å². The molecule has 1 fully saturated rings. The quantitative estimate of drug-likeness (QED) is 0.0949. The lowest BCUT2D eigenvalue weighted by Gasteiger charge is -2.31. The molecular formula is C20H32N4O8. The van der Waals surface area contributed by atoms with Gasteiger partial charge in [0.05, 0.1) is 39.6 Å². The molecule has 2 atom stereocenters. The maximum atomic E-state index is 10.9. The highest BCUT2D eigenvalue weighted by Crippen LogP contribution is 2.30. The first-order valence-corrected chi connectivity index (χ1v) is 10.7. The zero-order valence-electron chi connectivity index (χ0n) is 18.3. The smallest absolute Gasteiger partial charge is 0.413 e. The molecule has 0 aromatic heterocycles. The number of hydrogen-bond acceptors (Lipinski definition) is 8. The van der Waals surface area contributed by atoms with Crippen LogP contribution < -0.4 is 0 Å². The van der Waals surface area contributed by atoms with Crippen molar-refractivity contribution in [3.05, 3.63) is 11.1 Å². The van der Waals surface area contributed by atoms with Crippen molar-refractivity contribution in [1.82, 2.24) is 0 Å². The minimum absolute atomic E-state index is 0.0836. The van der Waals surface area contributed by atoms with Gasteiger partial charge < -0.3 is 39.5 Å². The van der Waals surface area contributed by atoms with Crippen LogP contribution in [0.3, 0.4) is 0 Å². The second kappa shape index (κ2) is 19.2. The number of esters is 2. The van der Waals surface area contributed by atoms with Crippen LogP contribution in [0.5, 0.6) is 0 Å². The van der Waals surface area contributed by atoms with Gasteiger partial charge in [0.2, 0.25) is 0 Å². The Balaban J connectivity index is 2.02. The van der Waals surface area contributed by atoms with E-state index in [-0.39, 0.29) is 26.4 Å². The number of rotatable bonds is 18. The number of ether oxygens (including phenoxy) is 6. The molecule has 2 unspecified atom stereocenters. The minimum Gasteiger partial charge on any atom is -0.455 e. The van der Waals surface area contributed by atoms with Crippen molar-refractivity contribution < 1.29 is 47.6 Å². The molecule has 32 heavy (non-hydrogen) atoms. The van der Waals surface area contributed by atoms with Crippen molar-refractivity contribution in [1.29, 1.82) is 0 Å². The van der Waals surface area contributed by atoms with Crippen molar-refractivity contribution in [2.45, 2.75) is 25.7 Å². The Morgan fingerprint density at radius 2 is 1.03 bits per heavy atom. The molecule has 1 aliphatic carbocycles. The summed E-state index contributed by atoms with van der Waals surface area (Å²) in [5, 5.41) is 0. The Hall–Kier alpha value is -2.46. The molecule has 12 nitrogen and oxygen atoms in total. The van der Waals surface area contributed by atoms with Crippen molar-refractivity contribution in [3.8, 4) is 0 Å². The van der Waals surface area contributed by atoms with Crippen molar-refractivity contribution >= 4 is 24.4 Å². The topological polar surface area (TPSA) is 162 Å². The standard InChI is InChI=1S/C20H32N4O8/c21-23-13-19(25)31-11-9-27-5-7-29-15-17-3-1-2-4-18(17)16-30-8-6-28-10-12-32-20(26)14-24-22/h13-14,17-18H,1-12,15-16H2. The van der Waals surface area contributed by atoms with Gasteiger partial charge in [0, 0.05) is 13.2 Å². The molecular weight excluding hydrogens is 424 g/mol. The fraction of sp³-hybridized carbons (Fsp3) is 0.800. The highest BCUT2D eigenvalue weighted by Gasteiger charge is 2.25. The molecule has 1 aliphatic rings. The van der Waals surface area contributed by atoms with E-state index in [1.807, 2.05) is 0 Å². The van der Waals surface area contributed by atoms with Gasteiger partial charge in [-0.2, -0.15) is 9.58 Å². The summed E-state index contributed by atoms with van der Waals surface area (Å²) in [6, 6.07) is 0. The summed E-state index contributed by atoms with van der Waals surface area (Å²) < 4.78 is 31.6. The zero-order chi connectivity index (χ0) is 23.3. The molecule has 1 rings (SSSR count). The number of hydrogen-bond donors (Lipinski definition) is 0. The van der Waals surface area contributed by atoms with Gasteiger partial charge in [0.1, 0.15) is 13.2 Å². The fourth-order valence-corrected chi connectivity index (χ4v) is 3.20. The van der Waals surface area contributed by atoms with Crippen LogP contribution in [0.15, 0.2) is 0 Å². The van der Waals surface area contributed by atoms with Crippen LogP contribution in [0, 0.1) is 11.8 Å². The van der Waals surface area contributed by atoms with Gasteiger partial charge in [-0.25, -0.2) is 9.59 Å². The molecule has 0 N–H and O–H groups in total. The van der Waals surface area contributed by atoms with E-state index in [4.69, 9.17) is 39.5 Å². The molecule has 12 heteroatoms. The summed E-state index contributed by atoms with van der Waals surface area (Å²) in [7, 11) is 0. The van der Waals surface area contributed by atoms with Crippen LogP contribution in [-0.2, 0) is 38.0 Å². The summed E-state index contributed by atoms with van der Waals surface area (Å²) in [5.41, 5.74) is 16.4. The average molecular weight is 456 g/mol. The normalized spacial score (nSPS) is 17.6. The molecule has 0 aromatic carbocycles. The predicted octanol–water partition coefficient (Wildman–Crippen LogP) is 0.547. The molecule has 180 valence electrons. The van der Waals surface area contributed by atoms with Crippen molar-refractivity contribution in [2.24, 2.45) is 11.8 Å². The van der Waals surface area contributed by atoms with Gasteiger partial charge in [0.15, 0.2) is 0 Å². The monoisotopic (exact) mass is 456 g/mol. The molecule has 0 saturated heterocycles. The zero-order valence-corrected chi connectivity index (χ0v) is 18.3. The molecule has 0 aliphatic heterocycles. The summed E-state index contributed by atoms with van der Waals surface area (Å²) in [4.78, 5) is 27.0. The summed E-state index contributed by atoms with van der Waals surface area (Å²) in [5.74, 6) is -0.564. The second-order valence-corrected chi connectivity index (χ2v) is 7.00. The lowest BCUT2D eigenvalue weighted by molar-refractivity contribution is -0.141. The van der Waals surface area contributed by atoms with E-state index < -0.39 is 11.9 Å². The maximum Gasteiger partial charge on any atom is 0.413 e. The summed E-state index contributed by atoms with van der Waals surface area (Å²) in [6.45, 7) is 3.68. The predicted molar refractivity (Wildman–Crippen MR) is 110 cm³/mol. The van der Waals surface area contributed by atoms with Gasteiger partial charge in [-0.05, 0) is 24.7 Å². The van der Waals surface area contributed by atoms with Gasteiger partial charge in [0.25, 0.3) is 0 Å². The van der Waals surface area contributed by atoms with Crippen LogP contribution in [0.2, 0.25) is 0 Å². The van der Waals surface area contributed by atoms with Crippen LogP contribution in [0.25, 0.3) is 11.1 Å². The first-order chi connectivity index (χ1) is 15.7. The van der Waals surface area contributed by atoms with E-state index in [1.54, 1.807) is 0 Å². The number of nitrogens with zero attached hydrogens (tertiary/aromatic N) is 4. The van der Waals surface area contributed by atoms with Crippen LogP contribution in [0.4, 0.5) is 0 Å². The largest absolute Gasteiger partial charge is 0.455 e. The molecule has 1 saturated carbocycles. The van der Waals surface area contributed by atoms with E-state index >= 15 is 0 Å². The molecule has 0 heterocycles. The number of carbonyl (C=O) groups excluding carboxylic acids is 2. The fourth-order valence-electron chi connectivity index (χ4n) is 3.20. The third-order valence-electron chi connectivity index (χ3n) is 4.74. The molecule has 0 amide bonds. The van der Waals surface area contributed by atoms with Crippen LogP contribution in [-0.4, -0.2) is 100 Å². The summed E-state index contributed by atoms with van der Waals surface area (Å²) >= 11 is 0. The Labute approximate surface area is 187 Å². The van der Waals surface area contributed by atoms with Gasteiger partial charge >= 0.3 is 24.4 Å². The first-order valence-electron chi connectivity index (χ1n) is 10.7. The Kier molecular flexibility index (Phi) is 16.6. The first kappa shape index (κ1) is 27.6. The Bertz CT molecular complexity index is 581. The SMILES string of the molecule is [N-]=[N+]=CC(=O)OCCOCCOCC1CCCCC1COCCOCCOC(=O)C=[N+]=[N-]. The third-order valence-corrected chi connectivity index (χ3v) is 4.74. The van der Waals surface area contributed by atoms with Crippen LogP contribution >= 0.6 is 0 Å². The second-order valence-electron chi connectivity index (χ2n) is 7.00. The van der Waals surface area contributed by atoms with Gasteiger partial charge in [-0.3, -0.25) is 0 Å². The highest BCUT2D eigenvalue weighted by molar-refractivity contribution is 6.20.